The number of benzene rings is 2. The molecule has 6 nitrogen and oxygen atoms in total. The Bertz CT molecular complexity index is 991. The molecule has 0 atom stereocenters. The minimum Gasteiger partial charge on any atom is -0.347 e. The van der Waals surface area contributed by atoms with Crippen LogP contribution in [-0.2, 0) is 20.8 Å². The van der Waals surface area contributed by atoms with Crippen molar-refractivity contribution in [3.05, 3.63) is 48.0 Å². The highest BCUT2D eigenvalue weighted by Crippen LogP contribution is 2.60. The van der Waals surface area contributed by atoms with E-state index in [-0.39, 0.29) is 30.2 Å². The fourth-order valence-corrected chi connectivity index (χ4v) is 6.55. The van der Waals surface area contributed by atoms with E-state index in [9.17, 15) is 14.4 Å². The third-order valence-corrected chi connectivity index (χ3v) is 7.51. The van der Waals surface area contributed by atoms with Crippen LogP contribution in [0.1, 0.15) is 44.1 Å². The first-order valence-electron chi connectivity index (χ1n) is 11.3. The molecule has 2 aromatic rings. The summed E-state index contributed by atoms with van der Waals surface area (Å²) < 4.78 is 0. The number of carbonyl (C=O) groups is 3. The Labute approximate surface area is 182 Å². The van der Waals surface area contributed by atoms with Crippen molar-refractivity contribution < 1.29 is 14.4 Å². The molecule has 4 bridgehead atoms. The summed E-state index contributed by atoms with van der Waals surface area (Å²) in [5.41, 5.74) is 5.77. The molecule has 0 unspecified atom stereocenters. The van der Waals surface area contributed by atoms with Crippen molar-refractivity contribution in [2.24, 2.45) is 23.2 Å². The van der Waals surface area contributed by atoms with Crippen LogP contribution in [0.3, 0.4) is 0 Å². The fourth-order valence-electron chi connectivity index (χ4n) is 6.55. The first-order chi connectivity index (χ1) is 15.0. The molecule has 31 heavy (non-hydrogen) atoms. The Balaban J connectivity index is 1.10. The number of hydrogen-bond acceptors (Lipinski definition) is 3. The van der Waals surface area contributed by atoms with E-state index in [4.69, 9.17) is 0 Å². The van der Waals surface area contributed by atoms with Crippen molar-refractivity contribution in [2.75, 3.05) is 6.54 Å². The Morgan fingerprint density at radius 1 is 0.806 bits per heavy atom. The van der Waals surface area contributed by atoms with E-state index in [2.05, 4.69) is 16.2 Å². The Hall–Kier alpha value is -2.89. The first kappa shape index (κ1) is 20.0. The van der Waals surface area contributed by atoms with E-state index in [1.54, 1.807) is 0 Å². The second-order valence-corrected chi connectivity index (χ2v) is 9.79. The molecule has 0 saturated heterocycles. The van der Waals surface area contributed by atoms with Crippen LogP contribution in [0.2, 0.25) is 0 Å². The second-order valence-electron chi connectivity index (χ2n) is 9.79. The lowest BCUT2D eigenvalue weighted by Crippen LogP contribution is -2.57. The van der Waals surface area contributed by atoms with Crippen molar-refractivity contribution >= 4 is 28.5 Å². The molecular weight excluding hydrogens is 390 g/mol. The van der Waals surface area contributed by atoms with Crippen LogP contribution >= 0.6 is 0 Å². The molecule has 2 aromatic carbocycles. The summed E-state index contributed by atoms with van der Waals surface area (Å²) in [6.45, 7) is -0.162. The maximum Gasteiger partial charge on any atom is 0.257 e. The monoisotopic (exact) mass is 419 g/mol. The molecule has 4 aliphatic rings. The van der Waals surface area contributed by atoms with Crippen molar-refractivity contribution in [1.29, 1.82) is 0 Å². The molecule has 0 radical (unpaired) electrons. The molecule has 4 aliphatic carbocycles. The maximum atomic E-state index is 12.9. The van der Waals surface area contributed by atoms with Crippen molar-refractivity contribution in [2.45, 2.75) is 44.9 Å². The summed E-state index contributed by atoms with van der Waals surface area (Å²) in [6, 6.07) is 13.8. The number of hydrogen-bond donors (Lipinski definition) is 3. The summed E-state index contributed by atoms with van der Waals surface area (Å²) in [6.07, 6.45) is 6.84. The average molecular weight is 420 g/mol. The van der Waals surface area contributed by atoms with Crippen molar-refractivity contribution in [1.82, 2.24) is 16.2 Å². The van der Waals surface area contributed by atoms with Crippen LogP contribution in [0.25, 0.3) is 10.8 Å². The largest absolute Gasteiger partial charge is 0.347 e. The van der Waals surface area contributed by atoms with Crippen LogP contribution in [0.15, 0.2) is 42.5 Å². The van der Waals surface area contributed by atoms with Crippen LogP contribution in [-0.4, -0.2) is 24.3 Å². The van der Waals surface area contributed by atoms with Gasteiger partial charge in [0.15, 0.2) is 0 Å². The lowest BCUT2D eigenvalue weighted by Gasteiger charge is -2.55. The number of fused-ring (bicyclic) bond motifs is 1. The van der Waals surface area contributed by atoms with E-state index in [1.807, 2.05) is 42.5 Å². The highest BCUT2D eigenvalue weighted by molar-refractivity contribution is 5.92. The van der Waals surface area contributed by atoms with Crippen LogP contribution < -0.4 is 16.2 Å². The predicted octanol–water partition coefficient (Wildman–Crippen LogP) is 2.86. The van der Waals surface area contributed by atoms with Crippen molar-refractivity contribution in [3.63, 3.8) is 0 Å². The molecular formula is C25H29N3O3. The number of hydrazine groups is 1. The first-order valence-corrected chi connectivity index (χ1v) is 11.3. The van der Waals surface area contributed by atoms with Gasteiger partial charge in [0.1, 0.15) is 0 Å². The molecule has 0 aromatic heterocycles. The summed E-state index contributed by atoms with van der Waals surface area (Å²) in [5, 5.41) is 4.77. The van der Waals surface area contributed by atoms with Gasteiger partial charge in [-0.1, -0.05) is 42.5 Å². The second kappa shape index (κ2) is 7.98. The summed E-state index contributed by atoms with van der Waals surface area (Å²) in [5.74, 6) is 1.31. The van der Waals surface area contributed by atoms with E-state index in [1.165, 1.54) is 19.3 Å². The highest BCUT2D eigenvalue weighted by atomic mass is 16.2. The van der Waals surface area contributed by atoms with E-state index in [0.717, 1.165) is 35.6 Å². The fraction of sp³-hybridized carbons (Fsp3) is 0.480. The normalized spacial score (nSPS) is 28.3. The van der Waals surface area contributed by atoms with Gasteiger partial charge in [-0.2, -0.15) is 0 Å². The van der Waals surface area contributed by atoms with Crippen LogP contribution in [0.5, 0.6) is 0 Å². The molecule has 6 rings (SSSR count). The number of amides is 3. The number of carbonyl (C=O) groups excluding carboxylic acids is 3. The van der Waals surface area contributed by atoms with Crippen LogP contribution in [0.4, 0.5) is 0 Å². The molecule has 0 heterocycles. The van der Waals surface area contributed by atoms with E-state index < -0.39 is 5.91 Å². The molecule has 4 saturated carbocycles. The Morgan fingerprint density at radius 3 is 2.16 bits per heavy atom. The van der Waals surface area contributed by atoms with E-state index in [0.29, 0.717) is 17.8 Å². The van der Waals surface area contributed by atoms with Crippen molar-refractivity contribution in [3.8, 4) is 0 Å². The maximum absolute atomic E-state index is 12.9. The van der Waals surface area contributed by atoms with E-state index >= 15 is 0 Å². The molecule has 6 heteroatoms. The highest BCUT2D eigenvalue weighted by Gasteiger charge is 2.54. The molecule has 162 valence electrons. The van der Waals surface area contributed by atoms with Gasteiger partial charge in [-0.15, -0.1) is 0 Å². The zero-order valence-electron chi connectivity index (χ0n) is 17.7. The topological polar surface area (TPSA) is 87.3 Å². The zero-order valence-corrected chi connectivity index (χ0v) is 17.7. The summed E-state index contributed by atoms with van der Waals surface area (Å²) in [4.78, 5) is 37.4. The SMILES string of the molecule is O=C(Cc1cccc2ccccc12)NCC(=O)NNC(=O)C12CC3CC(CC(C3)C1)C2. The van der Waals surface area contributed by atoms with Gasteiger partial charge < -0.3 is 5.32 Å². The number of rotatable bonds is 5. The molecule has 3 amide bonds. The third-order valence-electron chi connectivity index (χ3n) is 7.51. The standard InChI is InChI=1S/C25H29N3O3/c29-22(11-20-6-3-5-19-4-1-2-7-21(19)20)26-15-23(30)27-28-24(31)25-12-16-8-17(13-25)10-18(9-16)14-25/h1-7,16-18H,8-15H2,(H,26,29)(H,27,30)(H,28,31). The lowest BCUT2D eigenvalue weighted by molar-refractivity contribution is -0.148. The van der Waals surface area contributed by atoms with Gasteiger partial charge in [0.2, 0.25) is 11.8 Å². The van der Waals surface area contributed by atoms with Gasteiger partial charge in [0, 0.05) is 0 Å². The van der Waals surface area contributed by atoms with Crippen LogP contribution in [0, 0.1) is 23.2 Å². The lowest BCUT2D eigenvalue weighted by atomic mass is 9.49. The van der Waals surface area contributed by atoms with Gasteiger partial charge >= 0.3 is 0 Å². The smallest absolute Gasteiger partial charge is 0.257 e. The quantitative estimate of drug-likeness (QED) is 0.652. The molecule has 4 fully saturated rings. The number of nitrogens with one attached hydrogen (secondary N) is 3. The van der Waals surface area contributed by atoms with Gasteiger partial charge in [0.05, 0.1) is 18.4 Å². The Morgan fingerprint density at radius 2 is 1.45 bits per heavy atom. The predicted molar refractivity (Wildman–Crippen MR) is 118 cm³/mol. The molecule has 0 spiro atoms. The van der Waals surface area contributed by atoms with Gasteiger partial charge in [-0.25, -0.2) is 0 Å². The minimum atomic E-state index is -0.413. The van der Waals surface area contributed by atoms with Gasteiger partial charge in [-0.05, 0) is 72.6 Å². The third kappa shape index (κ3) is 4.03. The summed E-state index contributed by atoms with van der Waals surface area (Å²) >= 11 is 0. The minimum absolute atomic E-state index is 0.0537. The van der Waals surface area contributed by atoms with Gasteiger partial charge in [0.25, 0.3) is 5.91 Å². The zero-order chi connectivity index (χ0) is 21.4. The molecule has 0 aliphatic heterocycles. The average Bonchev–Trinajstić information content (AvgIpc) is 2.75. The molecule has 3 N–H and O–H groups in total. The summed E-state index contributed by atoms with van der Waals surface area (Å²) in [7, 11) is 0. The van der Waals surface area contributed by atoms with Gasteiger partial charge in [-0.3, -0.25) is 25.2 Å². The Kier molecular flexibility index (Phi) is 5.16.